The molecular formula is C42H28O. The number of para-hydroxylation sites is 1. The number of benzene rings is 6. The molecule has 1 heteroatoms. The van der Waals surface area contributed by atoms with Gasteiger partial charge in [-0.3, -0.25) is 0 Å². The molecule has 9 rings (SSSR count). The van der Waals surface area contributed by atoms with E-state index >= 15 is 0 Å². The molecule has 0 fully saturated rings. The van der Waals surface area contributed by atoms with Crippen molar-refractivity contribution in [3.05, 3.63) is 179 Å². The van der Waals surface area contributed by atoms with Crippen LogP contribution < -0.4 is 10.4 Å². The molecule has 6 aromatic carbocycles. The Morgan fingerprint density at radius 2 is 1.07 bits per heavy atom. The van der Waals surface area contributed by atoms with E-state index in [1.54, 1.807) is 0 Å². The van der Waals surface area contributed by atoms with Crippen LogP contribution in [0.5, 0.6) is 0 Å². The molecule has 202 valence electrons. The van der Waals surface area contributed by atoms with E-state index in [1.807, 2.05) is 91.0 Å². The maximum absolute atomic E-state index is 9.22. The zero-order valence-corrected chi connectivity index (χ0v) is 23.0. The Hall–Kier alpha value is -5.40. The molecule has 0 N–H and O–H groups in total. The molecule has 2 atom stereocenters. The van der Waals surface area contributed by atoms with Gasteiger partial charge in [-0.1, -0.05) is 127 Å². The summed E-state index contributed by atoms with van der Waals surface area (Å²) in [7, 11) is 0. The lowest BCUT2D eigenvalue weighted by Crippen LogP contribution is -2.40. The quantitative estimate of drug-likeness (QED) is 0.211. The highest BCUT2D eigenvalue weighted by atomic mass is 16.3. The summed E-state index contributed by atoms with van der Waals surface area (Å²) < 4.78 is 77.3. The third-order valence-corrected chi connectivity index (χ3v) is 8.65. The summed E-state index contributed by atoms with van der Waals surface area (Å²) in [4.78, 5) is 0. The molecule has 1 nitrogen and oxygen atoms in total. The van der Waals surface area contributed by atoms with Crippen LogP contribution in [0.25, 0.3) is 55.0 Å². The molecule has 0 spiro atoms. The Labute approximate surface area is 261 Å². The highest BCUT2D eigenvalue weighted by molar-refractivity contribution is 6.06. The van der Waals surface area contributed by atoms with Gasteiger partial charge in [-0.25, -0.2) is 0 Å². The van der Waals surface area contributed by atoms with Gasteiger partial charge in [0, 0.05) is 22.6 Å². The van der Waals surface area contributed by atoms with Gasteiger partial charge >= 0.3 is 0 Å². The van der Waals surface area contributed by atoms with Crippen molar-refractivity contribution in [3.63, 3.8) is 0 Å². The fourth-order valence-corrected chi connectivity index (χ4v) is 6.66. The van der Waals surface area contributed by atoms with E-state index in [0.29, 0.717) is 22.3 Å². The van der Waals surface area contributed by atoms with Crippen LogP contribution in [-0.4, -0.2) is 0 Å². The van der Waals surface area contributed by atoms with Gasteiger partial charge in [-0.05, 0) is 84.9 Å². The largest absolute Gasteiger partial charge is 0.456 e. The Bertz CT molecular complexity index is 2850. The molecule has 2 aliphatic rings. The third-order valence-electron chi connectivity index (χ3n) is 8.65. The van der Waals surface area contributed by atoms with Crippen molar-refractivity contribution < 1.29 is 15.4 Å². The summed E-state index contributed by atoms with van der Waals surface area (Å²) in [6.07, 6.45) is 0. The molecule has 0 bridgehead atoms. The van der Waals surface area contributed by atoms with E-state index in [0.717, 1.165) is 43.8 Å². The summed E-state index contributed by atoms with van der Waals surface area (Å²) in [6.45, 7) is 0. The standard InChI is InChI=1S/C42H28O/c1-2-10-27(11-3-1)41-34-13-4-6-15-36(34)42(37-16-7-5-14-35(37)41)32-21-20-28-24-29(18-19-30(28)25-32)31-22-23-40-38(26-31)33-12-8-9-17-39(33)43-40/h1-26,34,36H/i4D,5D,6D,7D,13D,14D,15D,16D. The van der Waals surface area contributed by atoms with Crippen LogP contribution in [0.2, 0.25) is 0 Å². The van der Waals surface area contributed by atoms with E-state index in [4.69, 9.17) is 12.6 Å². The third kappa shape index (κ3) is 3.86. The summed E-state index contributed by atoms with van der Waals surface area (Å²) in [6, 6.07) is 33.0. The predicted molar refractivity (Wildman–Crippen MR) is 179 cm³/mol. The molecule has 0 saturated carbocycles. The lowest BCUT2D eigenvalue weighted by molar-refractivity contribution is 0.669. The first-order chi connectivity index (χ1) is 24.6. The number of hydrogen-bond donors (Lipinski definition) is 0. The van der Waals surface area contributed by atoms with E-state index in [1.165, 1.54) is 0 Å². The number of hydrogen-bond acceptors (Lipinski definition) is 1. The first kappa shape index (κ1) is 17.5. The monoisotopic (exact) mass is 556 g/mol. The lowest BCUT2D eigenvalue weighted by Gasteiger charge is -2.33. The van der Waals surface area contributed by atoms with Crippen LogP contribution in [0.1, 0.15) is 22.1 Å². The van der Waals surface area contributed by atoms with E-state index in [-0.39, 0.29) is 46.7 Å². The summed E-state index contributed by atoms with van der Waals surface area (Å²) in [5.74, 6) is -1.83. The summed E-state index contributed by atoms with van der Waals surface area (Å²) in [5, 5.41) is 4.45. The van der Waals surface area contributed by atoms with E-state index < -0.39 is 23.9 Å². The van der Waals surface area contributed by atoms with Crippen molar-refractivity contribution in [2.24, 2.45) is 11.8 Å². The number of fused-ring (bicyclic) bond motifs is 6. The van der Waals surface area contributed by atoms with Gasteiger partial charge in [0.25, 0.3) is 0 Å². The van der Waals surface area contributed by atoms with Crippen molar-refractivity contribution in [2.45, 2.75) is 0 Å². The van der Waals surface area contributed by atoms with Crippen molar-refractivity contribution >= 4 is 43.9 Å². The highest BCUT2D eigenvalue weighted by Gasteiger charge is 2.31. The van der Waals surface area contributed by atoms with Gasteiger partial charge in [0.05, 0.1) is 11.0 Å². The molecule has 0 aliphatic heterocycles. The smallest absolute Gasteiger partial charge is 0.135 e. The number of rotatable bonds is 3. The Morgan fingerprint density at radius 1 is 0.488 bits per heavy atom. The molecule has 0 saturated heterocycles. The van der Waals surface area contributed by atoms with Gasteiger partial charge in [-0.2, -0.15) is 0 Å². The fraction of sp³-hybridized carbons (Fsp3) is 0.0476. The lowest BCUT2D eigenvalue weighted by atomic mass is 9.70. The van der Waals surface area contributed by atoms with Gasteiger partial charge in [0.2, 0.25) is 0 Å². The van der Waals surface area contributed by atoms with Gasteiger partial charge in [0.1, 0.15) is 11.2 Å². The average Bonchev–Trinajstić information content (AvgIpc) is 3.54. The molecule has 1 heterocycles. The van der Waals surface area contributed by atoms with Gasteiger partial charge in [0.15, 0.2) is 0 Å². The fourth-order valence-electron chi connectivity index (χ4n) is 6.66. The van der Waals surface area contributed by atoms with Crippen molar-refractivity contribution in [1.29, 1.82) is 0 Å². The molecule has 2 aliphatic carbocycles. The average molecular weight is 557 g/mol. The number of furan rings is 1. The van der Waals surface area contributed by atoms with Crippen LogP contribution in [0.3, 0.4) is 0 Å². The van der Waals surface area contributed by atoms with Crippen LogP contribution in [0.4, 0.5) is 0 Å². The van der Waals surface area contributed by atoms with Crippen molar-refractivity contribution in [2.75, 3.05) is 0 Å². The van der Waals surface area contributed by atoms with Gasteiger partial charge in [-0.15, -0.1) is 0 Å². The molecule has 0 amide bonds. The van der Waals surface area contributed by atoms with Crippen molar-refractivity contribution in [1.82, 2.24) is 0 Å². The first-order valence-corrected chi connectivity index (χ1v) is 14.3. The van der Waals surface area contributed by atoms with E-state index in [9.17, 15) is 2.74 Å². The summed E-state index contributed by atoms with van der Waals surface area (Å²) in [5.41, 5.74) is 5.91. The second-order valence-electron chi connectivity index (χ2n) is 11.0. The minimum absolute atomic E-state index is 0.150. The minimum atomic E-state index is -0.922. The first-order valence-electron chi connectivity index (χ1n) is 18.3. The molecule has 2 unspecified atom stereocenters. The second kappa shape index (κ2) is 9.58. The normalized spacial score (nSPS) is 21.0. The summed E-state index contributed by atoms with van der Waals surface area (Å²) >= 11 is 0. The van der Waals surface area contributed by atoms with E-state index in [2.05, 4.69) is 18.2 Å². The number of allylic oxidation sites excluding steroid dienone is 4. The zero-order valence-electron chi connectivity index (χ0n) is 31.0. The molecule has 0 radical (unpaired) electrons. The zero-order chi connectivity index (χ0) is 35.3. The van der Waals surface area contributed by atoms with Crippen molar-refractivity contribution in [3.8, 4) is 11.1 Å². The molecule has 43 heavy (non-hydrogen) atoms. The maximum Gasteiger partial charge on any atom is 0.135 e. The molecule has 1 aromatic heterocycles. The highest BCUT2D eigenvalue weighted by Crippen LogP contribution is 2.41. The molecular weight excluding hydrogens is 520 g/mol. The Balaban J connectivity index is 1.31. The SMILES string of the molecule is [2H]C1=C([2H])C2C(c3ccccc3)=c3c([2H])c([2H])c([2H])c([2H])c3=C(c3ccc4cc(-c5ccc6oc7ccccc7c6c5)ccc4c3)C2C([2H])=C1[2H]. The minimum Gasteiger partial charge on any atom is -0.456 e. The maximum atomic E-state index is 9.22. The van der Waals surface area contributed by atoms with Crippen LogP contribution >= 0.6 is 0 Å². The predicted octanol–water partition coefficient (Wildman–Crippen LogP) is 9.18. The molecule has 7 aromatic rings. The van der Waals surface area contributed by atoms with Crippen LogP contribution in [0.15, 0.2) is 162 Å². The van der Waals surface area contributed by atoms with Crippen LogP contribution in [-0.2, 0) is 0 Å². The van der Waals surface area contributed by atoms with Crippen LogP contribution in [0, 0.1) is 11.8 Å². The second-order valence-corrected chi connectivity index (χ2v) is 11.0. The van der Waals surface area contributed by atoms with Gasteiger partial charge < -0.3 is 4.42 Å². The Morgan fingerprint density at radius 3 is 1.84 bits per heavy atom. The topological polar surface area (TPSA) is 13.1 Å². The Kier molecular flexibility index (Phi) is 3.90.